The summed E-state index contributed by atoms with van der Waals surface area (Å²) in [5.74, 6) is -0.285. The second-order valence-electron chi connectivity index (χ2n) is 10.4. The molecule has 0 aliphatic rings. The Balaban J connectivity index is 1.47. The molecular formula is C32H37N5O5. The van der Waals surface area contributed by atoms with E-state index in [9.17, 15) is 19.5 Å². The number of carbonyl (C=O) groups is 2. The Bertz CT molecular complexity index is 1650. The van der Waals surface area contributed by atoms with Crippen LogP contribution in [-0.4, -0.2) is 54.7 Å². The number of rotatable bonds is 10. The molecule has 10 heteroatoms. The lowest BCUT2D eigenvalue weighted by atomic mass is 9.92. The lowest BCUT2D eigenvalue weighted by Gasteiger charge is -2.25. The number of pyridine rings is 1. The van der Waals surface area contributed by atoms with Gasteiger partial charge in [-0.2, -0.15) is 0 Å². The van der Waals surface area contributed by atoms with Crippen LogP contribution in [-0.2, 0) is 16.1 Å². The van der Waals surface area contributed by atoms with E-state index in [1.807, 2.05) is 50.2 Å². The van der Waals surface area contributed by atoms with Gasteiger partial charge in [-0.05, 0) is 78.4 Å². The number of aromatic hydroxyl groups is 1. The molecule has 0 saturated carbocycles. The molecule has 42 heavy (non-hydrogen) atoms. The van der Waals surface area contributed by atoms with Crippen LogP contribution in [0.5, 0.6) is 5.75 Å². The van der Waals surface area contributed by atoms with Crippen molar-refractivity contribution < 1.29 is 19.4 Å². The molecule has 4 rings (SSSR count). The maximum Gasteiger partial charge on any atom is 0.332 e. The molecular weight excluding hydrogens is 534 g/mol. The normalized spacial score (nSPS) is 12.4. The van der Waals surface area contributed by atoms with E-state index < -0.39 is 12.0 Å². The second kappa shape index (κ2) is 13.2. The highest BCUT2D eigenvalue weighted by Gasteiger charge is 2.23. The summed E-state index contributed by atoms with van der Waals surface area (Å²) in [6.45, 7) is 4.95. The average Bonchev–Trinajstić information content (AvgIpc) is 2.97. The van der Waals surface area contributed by atoms with E-state index in [0.29, 0.717) is 41.0 Å². The van der Waals surface area contributed by atoms with Gasteiger partial charge in [0, 0.05) is 48.7 Å². The highest BCUT2D eigenvalue weighted by Crippen LogP contribution is 2.28. The number of anilines is 2. The number of phenolic OH excluding ortho intramolecular Hbond substituents is 1. The third kappa shape index (κ3) is 6.90. The Hall–Kier alpha value is -4.83. The zero-order chi connectivity index (χ0) is 30.4. The summed E-state index contributed by atoms with van der Waals surface area (Å²) in [6.07, 6.45) is 1.60. The van der Waals surface area contributed by atoms with Gasteiger partial charge in [-0.25, -0.2) is 9.59 Å². The van der Waals surface area contributed by atoms with Crippen LogP contribution in [0.15, 0.2) is 71.7 Å². The van der Waals surface area contributed by atoms with E-state index in [4.69, 9.17) is 4.74 Å². The van der Waals surface area contributed by atoms with E-state index in [0.717, 1.165) is 16.5 Å². The van der Waals surface area contributed by atoms with Crippen molar-refractivity contribution in [3.05, 3.63) is 99.5 Å². The molecule has 2 atom stereocenters. The molecule has 220 valence electrons. The van der Waals surface area contributed by atoms with Crippen LogP contribution in [0, 0.1) is 6.92 Å². The van der Waals surface area contributed by atoms with Crippen LogP contribution in [0.3, 0.4) is 0 Å². The zero-order valence-corrected chi connectivity index (χ0v) is 24.4. The first kappa shape index (κ1) is 30.1. The van der Waals surface area contributed by atoms with Crippen molar-refractivity contribution in [2.24, 2.45) is 0 Å². The molecule has 3 aromatic carbocycles. The molecule has 0 radical (unpaired) electrons. The molecule has 5 N–H and O–H groups in total. The molecule has 0 aliphatic carbocycles. The number of likely N-dealkylation sites (N-methyl/N-ethyl adjacent to an activating group) is 1. The number of esters is 1. The second-order valence-corrected chi connectivity index (χ2v) is 10.4. The number of H-pyrrole nitrogens is 1. The number of hydrogen-bond donors (Lipinski definition) is 5. The van der Waals surface area contributed by atoms with Crippen LogP contribution in [0.2, 0.25) is 0 Å². The van der Waals surface area contributed by atoms with Gasteiger partial charge in [-0.15, -0.1) is 0 Å². The summed E-state index contributed by atoms with van der Waals surface area (Å²) in [5, 5.41) is 20.4. The van der Waals surface area contributed by atoms with Crippen molar-refractivity contribution in [1.82, 2.24) is 15.2 Å². The van der Waals surface area contributed by atoms with Gasteiger partial charge in [0.05, 0.1) is 7.11 Å². The Morgan fingerprint density at radius 1 is 1.05 bits per heavy atom. The minimum Gasteiger partial charge on any atom is -0.508 e. The smallest absolute Gasteiger partial charge is 0.332 e. The number of ether oxygens (including phenoxy) is 1. The quantitative estimate of drug-likeness (QED) is 0.136. The van der Waals surface area contributed by atoms with Gasteiger partial charge < -0.3 is 35.7 Å². The van der Waals surface area contributed by atoms with Gasteiger partial charge in [0.2, 0.25) is 0 Å². The molecule has 1 aromatic heterocycles. The van der Waals surface area contributed by atoms with Crippen molar-refractivity contribution >= 4 is 34.1 Å². The van der Waals surface area contributed by atoms with Crippen LogP contribution in [0.1, 0.15) is 41.1 Å². The van der Waals surface area contributed by atoms with Crippen molar-refractivity contribution in [2.45, 2.75) is 32.4 Å². The van der Waals surface area contributed by atoms with E-state index in [1.165, 1.54) is 7.11 Å². The van der Waals surface area contributed by atoms with Crippen LogP contribution >= 0.6 is 0 Å². The number of aromatic amines is 1. The first-order valence-corrected chi connectivity index (χ1v) is 13.7. The Labute approximate surface area is 244 Å². The zero-order valence-electron chi connectivity index (χ0n) is 24.4. The maximum absolute atomic E-state index is 12.9. The van der Waals surface area contributed by atoms with Gasteiger partial charge in [-0.3, -0.25) is 4.79 Å². The van der Waals surface area contributed by atoms with Crippen molar-refractivity contribution in [2.75, 3.05) is 38.4 Å². The number of nitrogens with zero attached hydrogens (tertiary/aromatic N) is 1. The lowest BCUT2D eigenvalue weighted by molar-refractivity contribution is -0.141. The topological polar surface area (TPSA) is 136 Å². The predicted molar refractivity (Wildman–Crippen MR) is 165 cm³/mol. The highest BCUT2D eigenvalue weighted by molar-refractivity contribution is 5.89. The number of nitrogens with one attached hydrogen (secondary N) is 4. The number of urea groups is 1. The van der Waals surface area contributed by atoms with Gasteiger partial charge in [-0.1, -0.05) is 31.2 Å². The molecule has 4 aromatic rings. The monoisotopic (exact) mass is 571 g/mol. The fourth-order valence-corrected chi connectivity index (χ4v) is 5.07. The molecule has 1 unspecified atom stereocenters. The van der Waals surface area contributed by atoms with E-state index >= 15 is 0 Å². The summed E-state index contributed by atoms with van der Waals surface area (Å²) in [5.41, 5.74) is 4.42. The minimum atomic E-state index is -0.787. The number of phenols is 1. The third-order valence-corrected chi connectivity index (χ3v) is 7.27. The van der Waals surface area contributed by atoms with Crippen molar-refractivity contribution in [3.63, 3.8) is 0 Å². The molecule has 10 nitrogen and oxygen atoms in total. The van der Waals surface area contributed by atoms with Crippen molar-refractivity contribution in [1.29, 1.82) is 0 Å². The van der Waals surface area contributed by atoms with Gasteiger partial charge >= 0.3 is 12.0 Å². The average molecular weight is 572 g/mol. The number of carbonyl (C=O) groups excluding carboxylic acids is 2. The maximum atomic E-state index is 12.9. The fraction of sp³-hybridized carbons (Fsp3) is 0.281. The lowest BCUT2D eigenvalue weighted by Crippen LogP contribution is -2.34. The van der Waals surface area contributed by atoms with Crippen LogP contribution in [0.25, 0.3) is 10.8 Å². The summed E-state index contributed by atoms with van der Waals surface area (Å²) in [6, 6.07) is 16.9. The standard InChI is InChI=1S/C32H37N5O5/c1-19-14-22(29(31(40)42-5)35-25-8-6-21-12-13-34-30(39)27(21)16-25)7-10-26(19)20(2)18-37(4)32(41)36-24-9-11-28(38)23(15-24)17-33-3/h6-16,20,29,33,35,38H,17-18H2,1-5H3,(H,34,39)(H,36,41)/t20-,29?/m0/s1. The van der Waals surface area contributed by atoms with Crippen molar-refractivity contribution in [3.8, 4) is 5.75 Å². The number of hydrogen-bond acceptors (Lipinski definition) is 7. The predicted octanol–water partition coefficient (Wildman–Crippen LogP) is 4.86. The number of methoxy groups -OCH3 is 1. The number of amides is 2. The third-order valence-electron chi connectivity index (χ3n) is 7.27. The first-order valence-electron chi connectivity index (χ1n) is 13.7. The number of benzene rings is 3. The Morgan fingerprint density at radius 2 is 1.81 bits per heavy atom. The van der Waals surface area contributed by atoms with Gasteiger partial charge in [0.25, 0.3) is 5.56 Å². The number of aryl methyl sites for hydroxylation is 1. The molecule has 0 saturated heterocycles. The summed E-state index contributed by atoms with van der Waals surface area (Å²) in [7, 11) is 4.86. The fourth-order valence-electron chi connectivity index (χ4n) is 5.07. The van der Waals surface area contributed by atoms with E-state index in [2.05, 4.69) is 20.9 Å². The Morgan fingerprint density at radius 3 is 2.52 bits per heavy atom. The molecule has 0 fully saturated rings. The molecule has 2 amide bonds. The van der Waals surface area contributed by atoms with E-state index in [-0.39, 0.29) is 23.3 Å². The summed E-state index contributed by atoms with van der Waals surface area (Å²) >= 11 is 0. The number of fused-ring (bicyclic) bond motifs is 1. The molecule has 0 bridgehead atoms. The minimum absolute atomic E-state index is 0.00576. The largest absolute Gasteiger partial charge is 0.508 e. The van der Waals surface area contributed by atoms with Gasteiger partial charge in [0.1, 0.15) is 5.75 Å². The summed E-state index contributed by atoms with van der Waals surface area (Å²) in [4.78, 5) is 42.3. The number of aromatic nitrogens is 1. The van der Waals surface area contributed by atoms with Crippen LogP contribution in [0.4, 0.5) is 16.2 Å². The van der Waals surface area contributed by atoms with Gasteiger partial charge in [0.15, 0.2) is 6.04 Å². The molecule has 1 heterocycles. The van der Waals surface area contributed by atoms with Crippen LogP contribution < -0.4 is 21.5 Å². The highest BCUT2D eigenvalue weighted by atomic mass is 16.5. The first-order chi connectivity index (χ1) is 20.1. The van der Waals surface area contributed by atoms with E-state index in [1.54, 1.807) is 49.5 Å². The SMILES string of the molecule is CNCc1cc(NC(=O)N(C)C[C@H](C)c2ccc(C(Nc3ccc4cc[nH]c(=O)c4c3)C(=O)OC)cc2C)ccc1O. The molecule has 0 aliphatic heterocycles. The molecule has 0 spiro atoms. The summed E-state index contributed by atoms with van der Waals surface area (Å²) < 4.78 is 5.09. The Kier molecular flexibility index (Phi) is 9.49.